The van der Waals surface area contributed by atoms with E-state index in [-0.39, 0.29) is 95.6 Å². The zero-order valence-electron chi connectivity index (χ0n) is 75.5. The second-order valence-electron chi connectivity index (χ2n) is 33.8. The van der Waals surface area contributed by atoms with Crippen LogP contribution in [0.15, 0.2) is 12.5 Å². The van der Waals surface area contributed by atoms with Gasteiger partial charge in [0.2, 0.25) is 124 Å². The number of imidazole rings is 1. The number of primary amides is 4. The number of carbonyl (C=O) groups excluding carboxylic acids is 21. The number of likely N-dealkylation sites (tertiary alicyclic amines) is 1. The third-order valence-corrected chi connectivity index (χ3v) is 27.5. The Hall–Kier alpha value is -11.9. The molecule has 750 valence electrons. The lowest BCUT2D eigenvalue weighted by atomic mass is 9.97. The van der Waals surface area contributed by atoms with E-state index < -0.39 is 331 Å². The number of H-pyrrole nitrogens is 1. The lowest BCUT2D eigenvalue weighted by molar-refractivity contribution is -0.146. The maximum Gasteiger partial charge on any atom is 0.305 e. The van der Waals surface area contributed by atoms with Gasteiger partial charge in [0.15, 0.2) is 5.96 Å². The number of carboxylic acids is 1. The fourth-order valence-corrected chi connectivity index (χ4v) is 19.7. The number of amides is 21. The molecule has 32 N–H and O–H groups in total. The Bertz CT molecular complexity index is 4480. The van der Waals surface area contributed by atoms with E-state index in [1.807, 2.05) is 0 Å². The van der Waals surface area contributed by atoms with Crippen LogP contribution < -0.4 is 114 Å². The number of aliphatic carboxylic acids is 1. The summed E-state index contributed by atoms with van der Waals surface area (Å²) in [6.45, 7) is 8.22. The number of aliphatic hydroxyl groups excluding tert-OH is 2. The molecular formula is C79H125N27O25S4. The van der Waals surface area contributed by atoms with Crippen LogP contribution in [0.2, 0.25) is 0 Å². The van der Waals surface area contributed by atoms with Crippen molar-refractivity contribution in [2.24, 2.45) is 52.2 Å². The van der Waals surface area contributed by atoms with Crippen molar-refractivity contribution in [3.63, 3.8) is 0 Å². The summed E-state index contributed by atoms with van der Waals surface area (Å²) in [4.78, 5) is 325. The molecule has 1 aromatic rings. The summed E-state index contributed by atoms with van der Waals surface area (Å²) in [6.07, 6.45) is -3.69. The van der Waals surface area contributed by atoms with Crippen LogP contribution in [0.25, 0.3) is 0 Å². The van der Waals surface area contributed by atoms with E-state index in [0.717, 1.165) is 21.6 Å². The molecule has 56 heteroatoms. The average molecular weight is 1980 g/mol. The van der Waals surface area contributed by atoms with Crippen LogP contribution in [0.1, 0.15) is 144 Å². The van der Waals surface area contributed by atoms with Crippen LogP contribution >= 0.6 is 43.2 Å². The van der Waals surface area contributed by atoms with Gasteiger partial charge in [0.25, 0.3) is 0 Å². The average Bonchev–Trinajstić information content (AvgIpc) is 1.73. The SMILES string of the molecule is CC[C@H](C)[C@@H]1NC(=O)[C@H](CCC(N)=O)NC(=O)[C@@H]2CCCN2C(=O)[C@H](CC(N)=O)NC(=O)[C@H](Cc2cnc[nH]2)NC(=O)C(C(C)C)NC(=O)[C@H]([C@@H](C)O)NC(=O)[C@@H]2CSSC[C@H](NC(=O)[C@@H]3CCCN3C(=O)[C@H](CC(=O)O)NC(=O)[C@@H](N)CCCNC(=N)N)C(=O)N[C@@H](CSSCC(C(N)=O)NC1=O)C(=O)N[C@@H](CO)C(=O)NC(CC(N)=O)C(=O)N1CCC[C@H]1C(=O)N[C@@H](C(C)C)C(=O)N2. The van der Waals surface area contributed by atoms with Crippen LogP contribution in [-0.4, -0.2) is 347 Å². The van der Waals surface area contributed by atoms with Crippen LogP contribution in [0.3, 0.4) is 0 Å². The van der Waals surface area contributed by atoms with E-state index in [1.54, 1.807) is 6.92 Å². The Morgan fingerprint density at radius 1 is 0.548 bits per heavy atom. The van der Waals surface area contributed by atoms with Crippen molar-refractivity contribution in [2.45, 2.75) is 260 Å². The first-order valence-electron chi connectivity index (χ1n) is 43.8. The topological polar surface area (TPSA) is 835 Å². The van der Waals surface area contributed by atoms with E-state index >= 15 is 24.0 Å². The van der Waals surface area contributed by atoms with Crippen LogP contribution in [0.4, 0.5) is 0 Å². The fourth-order valence-electron chi connectivity index (χ4n) is 15.0. The van der Waals surface area contributed by atoms with Crippen molar-refractivity contribution in [1.29, 1.82) is 5.41 Å². The number of nitrogens with two attached hydrogens (primary N) is 6. The Morgan fingerprint density at radius 3 is 1.54 bits per heavy atom. The molecule has 5 aliphatic heterocycles. The van der Waals surface area contributed by atoms with E-state index in [9.17, 15) is 96.8 Å². The molecule has 2 bridgehead atoms. The molecule has 5 fully saturated rings. The summed E-state index contributed by atoms with van der Waals surface area (Å²) in [5.74, 6) is -31.0. The first-order valence-corrected chi connectivity index (χ1v) is 48.8. The highest BCUT2D eigenvalue weighted by molar-refractivity contribution is 8.77. The van der Waals surface area contributed by atoms with Crippen LogP contribution in [0, 0.1) is 23.2 Å². The monoisotopic (exact) mass is 1980 g/mol. The molecule has 0 spiro atoms. The van der Waals surface area contributed by atoms with Crippen molar-refractivity contribution in [2.75, 3.05) is 55.8 Å². The van der Waals surface area contributed by atoms with Gasteiger partial charge in [0, 0.05) is 73.9 Å². The molecule has 0 saturated carbocycles. The number of rotatable bonds is 27. The molecule has 5 aliphatic rings. The predicted octanol–water partition coefficient (Wildman–Crippen LogP) is -11.2. The van der Waals surface area contributed by atoms with Crippen molar-refractivity contribution < 1.29 is 121 Å². The summed E-state index contributed by atoms with van der Waals surface area (Å²) < 4.78 is 0. The summed E-state index contributed by atoms with van der Waals surface area (Å²) in [6, 6.07) is -31.7. The number of aromatic amines is 1. The second-order valence-corrected chi connectivity index (χ2v) is 38.9. The molecule has 21 amide bonds. The molecule has 0 radical (unpaired) electrons. The standard InChI is InChI=1S/C79H125N27O25S4/c1-8-36(6)59-74(127)96-46(61(84)114)29-132-133-30-47-66(119)95-45(28-107)65(118)94-43(25-55(83)111)77(130)106-22-12-16-52(106)71(124)100-57(34(2)3)73(126)99-49(32-135-134-31-48(67(120)97-47)98-70(123)51-15-11-21-105(51)78(131)44(26-56(112)113)92-62(115)39(80)13-9-19-88-79(85)86)68(121)103-60(37(7)108)75(128)101-58(35(4)5)72(125)91-41(23-38-27-87-33-89-38)64(117)93-42(24-54(82)110)76(129)104-20-10-14-50(104)69(122)90-40(63(116)102-59)17-18-53(81)109/h27,33-37,39-52,57-60,107-108H,8-26,28-32,80H2,1-7H3,(H2,81,109)(H2,82,110)(H2,83,111)(H2,84,114)(H,87,89)(H,90,122)(H,91,125)(H,92,115)(H,93,117)(H,94,118)(H,95,119)(H,96,127)(H,97,120)(H,98,123)(H,99,126)(H,100,124)(H,101,128)(H,102,116)(H,103,121)(H,112,113)(H4,85,86,88)/t36-,37+,39-,40-,41-,42-,43?,44-,45-,46?,47-,48-,49-,50-,51-,52-,57-,58?,59-,60-/m0/s1. The molecular weight excluding hydrogens is 1860 g/mol. The van der Waals surface area contributed by atoms with E-state index in [2.05, 4.69) is 89.7 Å². The Balaban J connectivity index is 1.54. The highest BCUT2D eigenvalue weighted by atomic mass is 33.1. The molecule has 5 saturated heterocycles. The van der Waals surface area contributed by atoms with Gasteiger partial charge >= 0.3 is 5.97 Å². The summed E-state index contributed by atoms with van der Waals surface area (Å²) >= 11 is 0. The van der Waals surface area contributed by atoms with Gasteiger partial charge in [-0.05, 0) is 82.5 Å². The molecule has 135 heavy (non-hydrogen) atoms. The fraction of sp³-hybridized carbons (Fsp3) is 0.671. The van der Waals surface area contributed by atoms with E-state index in [0.29, 0.717) is 43.2 Å². The number of nitrogens with zero attached hydrogens (tertiary/aromatic N) is 4. The van der Waals surface area contributed by atoms with Gasteiger partial charge in [-0.1, -0.05) is 91.1 Å². The Labute approximate surface area is 791 Å². The number of aliphatic hydroxyl groups is 2. The smallest absolute Gasteiger partial charge is 0.305 e. The third-order valence-electron chi connectivity index (χ3n) is 22.6. The van der Waals surface area contributed by atoms with Crippen LogP contribution in [-0.2, 0) is 112 Å². The zero-order chi connectivity index (χ0) is 101. The minimum atomic E-state index is -2.10. The third kappa shape index (κ3) is 34.1. The number of carboxylic acid groups (broad SMARTS) is 1. The first kappa shape index (κ1) is 112. The number of hydrogen-bond acceptors (Lipinski definition) is 31. The van der Waals surface area contributed by atoms with E-state index in [1.165, 1.54) is 47.1 Å². The van der Waals surface area contributed by atoms with Gasteiger partial charge in [0.05, 0.1) is 44.3 Å². The molecule has 6 heterocycles. The minimum absolute atomic E-state index is 0.0485. The number of aromatic nitrogens is 2. The molecule has 1 aromatic heterocycles. The molecule has 6 rings (SSSR count). The van der Waals surface area contributed by atoms with Gasteiger partial charge in [-0.15, -0.1) is 0 Å². The number of nitrogens with one attached hydrogen (secondary N) is 17. The number of hydrogen-bond donors (Lipinski definition) is 26. The normalized spacial score (nSPS) is 27.2. The summed E-state index contributed by atoms with van der Waals surface area (Å²) in [5.41, 5.74) is 34.4. The molecule has 3 unspecified atom stereocenters. The van der Waals surface area contributed by atoms with Crippen molar-refractivity contribution in [3.8, 4) is 0 Å². The highest BCUT2D eigenvalue weighted by Crippen LogP contribution is 2.29. The first-order chi connectivity index (χ1) is 63.7. The van der Waals surface area contributed by atoms with Crippen LogP contribution in [0.5, 0.6) is 0 Å². The number of carbonyl (C=O) groups is 22. The molecule has 52 nitrogen and oxygen atoms in total. The van der Waals surface area contributed by atoms with Crippen molar-refractivity contribution in [3.05, 3.63) is 18.2 Å². The number of guanidine groups is 1. The lowest BCUT2D eigenvalue weighted by Crippen LogP contribution is -2.63. The van der Waals surface area contributed by atoms with Gasteiger partial charge in [-0.2, -0.15) is 0 Å². The predicted molar refractivity (Wildman–Crippen MR) is 486 cm³/mol. The molecule has 0 aliphatic carbocycles. The highest BCUT2D eigenvalue weighted by Gasteiger charge is 2.47. The van der Waals surface area contributed by atoms with Crippen molar-refractivity contribution >= 4 is 179 Å². The summed E-state index contributed by atoms with van der Waals surface area (Å²) in [7, 11) is 2.74. The lowest BCUT2D eigenvalue weighted by Gasteiger charge is -2.32. The second kappa shape index (κ2) is 54.0. The Morgan fingerprint density at radius 2 is 1.02 bits per heavy atom. The maximum atomic E-state index is 15.5. The van der Waals surface area contributed by atoms with E-state index in [4.69, 9.17) is 39.8 Å². The maximum absolute atomic E-state index is 15.5. The zero-order valence-corrected chi connectivity index (χ0v) is 78.8. The van der Waals surface area contributed by atoms with Gasteiger partial charge in [-0.25, -0.2) is 4.98 Å². The Kier molecular flexibility index (Phi) is 44.7. The molecule has 0 aromatic carbocycles. The minimum Gasteiger partial charge on any atom is -0.481 e. The van der Waals surface area contributed by atoms with Gasteiger partial charge in [0.1, 0.15) is 103 Å². The van der Waals surface area contributed by atoms with Gasteiger partial charge in [-0.3, -0.25) is 111 Å². The largest absolute Gasteiger partial charge is 0.481 e. The number of fused-ring (bicyclic) bond motifs is 10. The quantitative estimate of drug-likeness (QED) is 0.0168. The van der Waals surface area contributed by atoms with Gasteiger partial charge < -0.3 is 149 Å². The van der Waals surface area contributed by atoms with Crippen molar-refractivity contribution in [1.82, 2.24) is 104 Å². The summed E-state index contributed by atoms with van der Waals surface area (Å²) in [5, 5.41) is 76.9. The molecule has 20 atom stereocenters.